The highest BCUT2D eigenvalue weighted by Gasteiger charge is 2.17. The van der Waals surface area contributed by atoms with E-state index in [1.165, 1.54) is 6.33 Å². The van der Waals surface area contributed by atoms with Crippen LogP contribution in [0.2, 0.25) is 5.15 Å². The van der Waals surface area contributed by atoms with Gasteiger partial charge in [-0.2, -0.15) is 0 Å². The average molecular weight is 302 g/mol. The second-order valence-corrected chi connectivity index (χ2v) is 4.79. The second kappa shape index (κ2) is 5.66. The van der Waals surface area contributed by atoms with Crippen molar-refractivity contribution in [3.05, 3.63) is 46.6 Å². The first kappa shape index (κ1) is 14.6. The van der Waals surface area contributed by atoms with Crippen LogP contribution in [0.4, 0.5) is 24.7 Å². The van der Waals surface area contributed by atoms with Crippen LogP contribution in [0.3, 0.4) is 0 Å². The summed E-state index contributed by atoms with van der Waals surface area (Å²) < 4.78 is 39.7. The standard InChI is InChI=1S/C13H11ClF3N3/c1-6(2)9-12(14)18-5-19-13(9)20-8-4-3-7(15)10(16)11(8)17/h3-6H,1-2H3,(H,18,19,20). The molecule has 1 heterocycles. The molecule has 0 aliphatic rings. The summed E-state index contributed by atoms with van der Waals surface area (Å²) >= 11 is 5.97. The number of hydrogen-bond acceptors (Lipinski definition) is 3. The van der Waals surface area contributed by atoms with E-state index in [2.05, 4.69) is 15.3 Å². The number of aromatic nitrogens is 2. The third kappa shape index (κ3) is 2.70. The van der Waals surface area contributed by atoms with E-state index < -0.39 is 17.5 Å². The number of halogens is 4. The monoisotopic (exact) mass is 301 g/mol. The van der Waals surface area contributed by atoms with E-state index >= 15 is 0 Å². The Morgan fingerprint density at radius 1 is 1.10 bits per heavy atom. The molecular weight excluding hydrogens is 291 g/mol. The van der Waals surface area contributed by atoms with Crippen molar-refractivity contribution in [1.29, 1.82) is 0 Å². The van der Waals surface area contributed by atoms with Gasteiger partial charge in [-0.25, -0.2) is 23.1 Å². The molecule has 0 amide bonds. The number of anilines is 2. The van der Waals surface area contributed by atoms with Gasteiger partial charge >= 0.3 is 0 Å². The quantitative estimate of drug-likeness (QED) is 0.674. The van der Waals surface area contributed by atoms with Gasteiger partial charge in [0.15, 0.2) is 17.5 Å². The molecule has 0 aliphatic carbocycles. The normalized spacial score (nSPS) is 10.9. The lowest BCUT2D eigenvalue weighted by atomic mass is 10.1. The maximum atomic E-state index is 13.6. The summed E-state index contributed by atoms with van der Waals surface area (Å²) in [6, 6.07) is 1.92. The van der Waals surface area contributed by atoms with Crippen molar-refractivity contribution < 1.29 is 13.2 Å². The van der Waals surface area contributed by atoms with Crippen LogP contribution in [0.25, 0.3) is 0 Å². The van der Waals surface area contributed by atoms with Gasteiger partial charge in [0.1, 0.15) is 17.3 Å². The van der Waals surface area contributed by atoms with E-state index in [0.29, 0.717) is 5.56 Å². The SMILES string of the molecule is CC(C)c1c(Cl)ncnc1Nc1ccc(F)c(F)c1F. The number of nitrogens with one attached hydrogen (secondary N) is 1. The Hall–Kier alpha value is -1.82. The highest BCUT2D eigenvalue weighted by atomic mass is 35.5. The lowest BCUT2D eigenvalue weighted by Gasteiger charge is -2.14. The average Bonchev–Trinajstić information content (AvgIpc) is 2.39. The molecule has 0 saturated heterocycles. The molecule has 2 rings (SSSR count). The maximum Gasteiger partial charge on any atom is 0.196 e. The number of rotatable bonds is 3. The molecule has 106 valence electrons. The van der Waals surface area contributed by atoms with Crippen LogP contribution in [0.15, 0.2) is 18.5 Å². The van der Waals surface area contributed by atoms with Crippen molar-refractivity contribution in [1.82, 2.24) is 9.97 Å². The number of benzene rings is 1. The molecule has 1 aromatic heterocycles. The molecule has 20 heavy (non-hydrogen) atoms. The third-order valence-electron chi connectivity index (χ3n) is 2.70. The first-order valence-electron chi connectivity index (χ1n) is 5.82. The second-order valence-electron chi connectivity index (χ2n) is 4.43. The van der Waals surface area contributed by atoms with Gasteiger partial charge in [0.05, 0.1) is 5.69 Å². The Balaban J connectivity index is 2.46. The zero-order valence-corrected chi connectivity index (χ0v) is 11.5. The van der Waals surface area contributed by atoms with E-state index in [1.807, 2.05) is 13.8 Å². The Morgan fingerprint density at radius 2 is 1.80 bits per heavy atom. The van der Waals surface area contributed by atoms with Crippen molar-refractivity contribution in [2.75, 3.05) is 5.32 Å². The van der Waals surface area contributed by atoms with Gasteiger partial charge in [-0.3, -0.25) is 0 Å². The van der Waals surface area contributed by atoms with Crippen molar-refractivity contribution in [2.24, 2.45) is 0 Å². The van der Waals surface area contributed by atoms with Crippen LogP contribution in [-0.4, -0.2) is 9.97 Å². The fraction of sp³-hybridized carbons (Fsp3) is 0.231. The molecule has 0 aliphatic heterocycles. The molecule has 0 spiro atoms. The highest BCUT2D eigenvalue weighted by molar-refractivity contribution is 6.30. The summed E-state index contributed by atoms with van der Waals surface area (Å²) in [7, 11) is 0. The van der Waals surface area contributed by atoms with Crippen molar-refractivity contribution >= 4 is 23.1 Å². The van der Waals surface area contributed by atoms with Gasteiger partial charge in [-0.1, -0.05) is 25.4 Å². The Morgan fingerprint density at radius 3 is 2.45 bits per heavy atom. The van der Waals surface area contributed by atoms with Gasteiger partial charge < -0.3 is 5.32 Å². The van der Waals surface area contributed by atoms with E-state index in [9.17, 15) is 13.2 Å². The Kier molecular flexibility index (Phi) is 4.13. The minimum absolute atomic E-state index is 0.0282. The largest absolute Gasteiger partial charge is 0.337 e. The maximum absolute atomic E-state index is 13.6. The first-order valence-corrected chi connectivity index (χ1v) is 6.20. The van der Waals surface area contributed by atoms with Crippen LogP contribution in [0.1, 0.15) is 25.3 Å². The zero-order valence-electron chi connectivity index (χ0n) is 10.7. The fourth-order valence-electron chi connectivity index (χ4n) is 1.74. The van der Waals surface area contributed by atoms with Crippen LogP contribution in [0.5, 0.6) is 0 Å². The van der Waals surface area contributed by atoms with Crippen molar-refractivity contribution in [2.45, 2.75) is 19.8 Å². The van der Waals surface area contributed by atoms with Gasteiger partial charge in [0.2, 0.25) is 0 Å². The molecule has 2 aromatic rings. The molecule has 0 fully saturated rings. The van der Waals surface area contributed by atoms with Crippen LogP contribution in [0, 0.1) is 17.5 Å². The molecule has 1 N–H and O–H groups in total. The molecule has 0 saturated carbocycles. The summed E-state index contributed by atoms with van der Waals surface area (Å²) in [6.07, 6.45) is 1.20. The smallest absolute Gasteiger partial charge is 0.196 e. The molecular formula is C13H11ClF3N3. The molecule has 3 nitrogen and oxygen atoms in total. The summed E-state index contributed by atoms with van der Waals surface area (Å²) in [4.78, 5) is 7.80. The van der Waals surface area contributed by atoms with E-state index in [4.69, 9.17) is 11.6 Å². The van der Waals surface area contributed by atoms with E-state index in [-0.39, 0.29) is 22.6 Å². The van der Waals surface area contributed by atoms with Crippen molar-refractivity contribution in [3.8, 4) is 0 Å². The molecule has 1 aromatic carbocycles. The Bertz CT molecular complexity index is 647. The number of nitrogens with zero attached hydrogens (tertiary/aromatic N) is 2. The van der Waals surface area contributed by atoms with Crippen LogP contribution in [-0.2, 0) is 0 Å². The summed E-state index contributed by atoms with van der Waals surface area (Å²) in [6.45, 7) is 3.72. The highest BCUT2D eigenvalue weighted by Crippen LogP contribution is 2.31. The molecule has 0 bridgehead atoms. The minimum Gasteiger partial charge on any atom is -0.337 e. The fourth-order valence-corrected chi connectivity index (χ4v) is 2.09. The molecule has 7 heteroatoms. The summed E-state index contributed by atoms with van der Waals surface area (Å²) in [5.41, 5.74) is 0.346. The summed E-state index contributed by atoms with van der Waals surface area (Å²) in [5, 5.41) is 2.84. The van der Waals surface area contributed by atoms with Crippen LogP contribution < -0.4 is 5.32 Å². The predicted molar refractivity (Wildman–Crippen MR) is 70.7 cm³/mol. The summed E-state index contributed by atoms with van der Waals surface area (Å²) in [5.74, 6) is -3.88. The lowest BCUT2D eigenvalue weighted by Crippen LogP contribution is -2.05. The van der Waals surface area contributed by atoms with E-state index in [0.717, 1.165) is 12.1 Å². The van der Waals surface area contributed by atoms with Gasteiger partial charge in [-0.05, 0) is 18.1 Å². The predicted octanol–water partition coefficient (Wildman–Crippen LogP) is 4.41. The van der Waals surface area contributed by atoms with Gasteiger partial charge in [-0.15, -0.1) is 0 Å². The van der Waals surface area contributed by atoms with Gasteiger partial charge in [0, 0.05) is 5.56 Å². The lowest BCUT2D eigenvalue weighted by molar-refractivity contribution is 0.449. The zero-order chi connectivity index (χ0) is 14.9. The third-order valence-corrected chi connectivity index (χ3v) is 3.00. The van der Waals surface area contributed by atoms with Gasteiger partial charge in [0.25, 0.3) is 0 Å². The first-order chi connectivity index (χ1) is 9.41. The molecule has 0 unspecified atom stereocenters. The topological polar surface area (TPSA) is 37.8 Å². The van der Waals surface area contributed by atoms with Crippen molar-refractivity contribution in [3.63, 3.8) is 0 Å². The minimum atomic E-state index is -1.54. The molecule has 0 atom stereocenters. The Labute approximate surface area is 118 Å². The molecule has 0 radical (unpaired) electrons. The van der Waals surface area contributed by atoms with Crippen LogP contribution >= 0.6 is 11.6 Å². The van der Waals surface area contributed by atoms with E-state index in [1.54, 1.807) is 0 Å². The number of hydrogen-bond donors (Lipinski definition) is 1.